The summed E-state index contributed by atoms with van der Waals surface area (Å²) in [6.07, 6.45) is 2.11. The van der Waals surface area contributed by atoms with Crippen molar-refractivity contribution in [1.82, 2.24) is 4.58 Å². The second-order valence-electron chi connectivity index (χ2n) is 8.98. The van der Waals surface area contributed by atoms with Gasteiger partial charge in [-0.05, 0) is 24.6 Å². The molecule has 0 bridgehead atoms. The molecule has 0 aromatic heterocycles. The van der Waals surface area contributed by atoms with Crippen LogP contribution < -0.4 is 14.8 Å². The first-order chi connectivity index (χ1) is 17.4. The molecular formula is C27H19F3N3O3+. The maximum Gasteiger partial charge on any atom is 0.339 e. The quantitative estimate of drug-likeness (QED) is 0.184. The summed E-state index contributed by atoms with van der Waals surface area (Å²) < 4.78 is 53.5. The van der Waals surface area contributed by atoms with E-state index in [0.29, 0.717) is 22.3 Å². The molecule has 36 heavy (non-hydrogen) atoms. The summed E-state index contributed by atoms with van der Waals surface area (Å²) in [6, 6.07) is 10.5. The highest BCUT2D eigenvalue weighted by Crippen LogP contribution is 2.46. The van der Waals surface area contributed by atoms with Gasteiger partial charge in [0.1, 0.15) is 35.8 Å². The Morgan fingerprint density at radius 2 is 1.78 bits per heavy atom. The minimum Gasteiger partial charge on any atom is -0.478 e. The number of hydrogen-bond acceptors (Lipinski definition) is 3. The third kappa shape index (κ3) is 3.18. The van der Waals surface area contributed by atoms with Crippen LogP contribution in [0.2, 0.25) is 0 Å². The smallest absolute Gasteiger partial charge is 0.339 e. The molecule has 1 aliphatic carbocycles. The van der Waals surface area contributed by atoms with E-state index in [2.05, 4.69) is 14.3 Å². The fourth-order valence-electron chi connectivity index (χ4n) is 4.86. The molecule has 0 atom stereocenters. The normalized spacial score (nSPS) is 15.1. The average molecular weight is 490 g/mol. The van der Waals surface area contributed by atoms with Gasteiger partial charge in [-0.25, -0.2) is 27.4 Å². The maximum absolute atomic E-state index is 15.7. The largest absolute Gasteiger partial charge is 0.478 e. The molecule has 0 amide bonds. The summed E-state index contributed by atoms with van der Waals surface area (Å²) in [5.41, 5.74) is -1.44. The van der Waals surface area contributed by atoms with Crippen LogP contribution >= 0.6 is 0 Å². The minimum absolute atomic E-state index is 0.0373. The third-order valence-electron chi connectivity index (χ3n) is 7.00. The van der Waals surface area contributed by atoms with E-state index >= 15 is 4.39 Å². The molecule has 0 unspecified atom stereocenters. The van der Waals surface area contributed by atoms with Gasteiger partial charge in [-0.3, -0.25) is 0 Å². The van der Waals surface area contributed by atoms with Crippen molar-refractivity contribution in [2.45, 2.75) is 12.8 Å². The number of halogens is 3. The van der Waals surface area contributed by atoms with E-state index in [0.717, 1.165) is 50.1 Å². The van der Waals surface area contributed by atoms with E-state index in [-0.39, 0.29) is 5.56 Å². The summed E-state index contributed by atoms with van der Waals surface area (Å²) in [5.74, 6) is -6.52. The summed E-state index contributed by atoms with van der Waals surface area (Å²) in [6.45, 7) is 10.7. The van der Waals surface area contributed by atoms with E-state index in [4.69, 9.17) is 11.0 Å². The Hall–Kier alpha value is -4.32. The highest BCUT2D eigenvalue weighted by atomic mass is 19.2. The van der Waals surface area contributed by atoms with Crippen molar-refractivity contribution in [3.05, 3.63) is 76.2 Å². The zero-order chi connectivity index (χ0) is 25.1. The Bertz CT molecular complexity index is 1680. The number of carboxylic acid groups (broad SMARTS) is 1. The van der Waals surface area contributed by atoms with E-state index in [9.17, 15) is 18.7 Å². The van der Waals surface area contributed by atoms with Crippen LogP contribution in [0.25, 0.3) is 38.3 Å². The zero-order valence-electron chi connectivity index (χ0n) is 18.9. The topological polar surface area (TPSA) is 61.0 Å². The SMILES string of the molecule is [C-]#[N+]c1c(F)c(F)c(C(=O)O)c(-c2c3ccc(=[N+]4CCC4)cc-3oc3cc(N4CCC4)ccc23)c1F. The van der Waals surface area contributed by atoms with Crippen LogP contribution in [0.3, 0.4) is 0 Å². The number of aromatic carboxylic acids is 1. The summed E-state index contributed by atoms with van der Waals surface area (Å²) >= 11 is 0. The molecular weight excluding hydrogens is 471 g/mol. The van der Waals surface area contributed by atoms with Gasteiger partial charge in [-0.1, -0.05) is 0 Å². The predicted molar refractivity (Wildman–Crippen MR) is 128 cm³/mol. The van der Waals surface area contributed by atoms with Crippen LogP contribution in [0.5, 0.6) is 0 Å². The van der Waals surface area contributed by atoms with Crippen molar-refractivity contribution in [1.29, 1.82) is 0 Å². The van der Waals surface area contributed by atoms with Crippen molar-refractivity contribution >= 4 is 28.3 Å². The molecule has 3 heterocycles. The average Bonchev–Trinajstić information content (AvgIpc) is 2.78. The molecule has 180 valence electrons. The molecule has 0 radical (unpaired) electrons. The van der Waals surface area contributed by atoms with Crippen LogP contribution in [0, 0.1) is 24.0 Å². The molecule has 4 aliphatic rings. The van der Waals surface area contributed by atoms with Crippen LogP contribution in [-0.4, -0.2) is 37.3 Å². The lowest BCUT2D eigenvalue weighted by Crippen LogP contribution is -2.40. The van der Waals surface area contributed by atoms with Crippen LogP contribution in [0.15, 0.2) is 40.8 Å². The first-order valence-corrected chi connectivity index (χ1v) is 11.5. The van der Waals surface area contributed by atoms with Gasteiger partial charge in [0, 0.05) is 53.0 Å². The Kier molecular flexibility index (Phi) is 5.00. The third-order valence-corrected chi connectivity index (χ3v) is 7.00. The first-order valence-electron chi connectivity index (χ1n) is 11.5. The van der Waals surface area contributed by atoms with Gasteiger partial charge in [0.2, 0.25) is 5.36 Å². The first kappa shape index (κ1) is 22.2. The standard InChI is InChI=1S/C27H18F3N3O3/c1-31-26-24(29)21(22(27(34)35)23(28)25(26)30)20-16-6-4-14(32-8-2-9-32)12-18(16)36-19-13-15(5-7-17(19)20)33-10-3-11-33/h4-7,12-13H,2-3,8-11H2/p+1. The highest BCUT2D eigenvalue weighted by molar-refractivity contribution is 6.08. The van der Waals surface area contributed by atoms with E-state index in [1.807, 2.05) is 0 Å². The monoisotopic (exact) mass is 490 g/mol. The summed E-state index contributed by atoms with van der Waals surface area (Å²) in [7, 11) is 0. The molecule has 2 aromatic carbocycles. The number of nitrogens with zero attached hydrogens (tertiary/aromatic N) is 3. The molecule has 6 rings (SSSR count). The zero-order valence-corrected chi connectivity index (χ0v) is 18.9. The van der Waals surface area contributed by atoms with Crippen molar-refractivity contribution in [2.75, 3.05) is 31.1 Å². The molecule has 2 fully saturated rings. The Balaban J connectivity index is 1.77. The number of carboxylic acids is 1. The number of hydrogen-bond donors (Lipinski definition) is 1. The maximum atomic E-state index is 15.7. The van der Waals surface area contributed by atoms with Gasteiger partial charge in [0.05, 0.1) is 19.1 Å². The van der Waals surface area contributed by atoms with Crippen molar-refractivity contribution in [2.24, 2.45) is 0 Å². The Morgan fingerprint density at radius 1 is 1.00 bits per heavy atom. The fraction of sp³-hybridized carbons (Fsp3) is 0.222. The van der Waals surface area contributed by atoms with Crippen molar-refractivity contribution in [3.63, 3.8) is 0 Å². The molecule has 6 nitrogen and oxygen atoms in total. The lowest BCUT2D eigenvalue weighted by molar-refractivity contribution is 0.0691. The van der Waals surface area contributed by atoms with Crippen LogP contribution in [0.1, 0.15) is 23.2 Å². The van der Waals surface area contributed by atoms with Crippen molar-refractivity contribution in [3.8, 4) is 22.5 Å². The molecule has 2 saturated heterocycles. The van der Waals surface area contributed by atoms with Crippen LogP contribution in [0.4, 0.5) is 24.5 Å². The summed E-state index contributed by atoms with van der Waals surface area (Å²) in [5, 5.41) is 11.0. The lowest BCUT2D eigenvalue weighted by Gasteiger charge is -2.33. The molecule has 9 heteroatoms. The van der Waals surface area contributed by atoms with E-state index < -0.39 is 40.2 Å². The van der Waals surface area contributed by atoms with Gasteiger partial charge >= 0.3 is 5.97 Å². The van der Waals surface area contributed by atoms with Gasteiger partial charge in [-0.2, -0.15) is 0 Å². The molecule has 0 saturated carbocycles. The van der Waals surface area contributed by atoms with Crippen molar-refractivity contribution < 1.29 is 27.5 Å². The molecule has 1 N–H and O–H groups in total. The minimum atomic E-state index is -1.84. The molecule has 2 aromatic rings. The Labute approximate surface area is 203 Å². The fourth-order valence-corrected chi connectivity index (χ4v) is 4.86. The predicted octanol–water partition coefficient (Wildman–Crippen LogP) is 5.26. The molecule has 0 spiro atoms. The van der Waals surface area contributed by atoms with Gasteiger partial charge in [0.15, 0.2) is 11.6 Å². The van der Waals surface area contributed by atoms with Gasteiger partial charge in [0.25, 0.3) is 5.69 Å². The second-order valence-corrected chi connectivity index (χ2v) is 8.98. The second kappa shape index (κ2) is 8.12. The molecule has 3 aliphatic heterocycles. The number of benzene rings is 3. The number of fused-ring (bicyclic) bond motifs is 2. The number of carbonyl (C=O) groups is 1. The van der Waals surface area contributed by atoms with Gasteiger partial charge in [-0.15, -0.1) is 0 Å². The number of rotatable bonds is 3. The lowest BCUT2D eigenvalue weighted by atomic mass is 9.89. The van der Waals surface area contributed by atoms with E-state index in [1.165, 1.54) is 0 Å². The van der Waals surface area contributed by atoms with E-state index in [1.54, 1.807) is 36.4 Å². The summed E-state index contributed by atoms with van der Waals surface area (Å²) in [4.78, 5) is 17.0. The Morgan fingerprint density at radius 3 is 2.39 bits per heavy atom. The highest BCUT2D eigenvalue weighted by Gasteiger charge is 2.33. The van der Waals surface area contributed by atoms with Crippen LogP contribution in [-0.2, 0) is 0 Å². The van der Waals surface area contributed by atoms with Gasteiger partial charge < -0.3 is 14.4 Å². The number of anilines is 1.